The highest BCUT2D eigenvalue weighted by atomic mass is 16.6. The third kappa shape index (κ3) is 54.1. The molecule has 0 N–H and O–H groups in total. The van der Waals surface area contributed by atoms with E-state index in [9.17, 15) is 14.4 Å². The molecule has 1 atom stereocenters. The molecule has 0 spiro atoms. The standard InChI is InChI=1S/C62H110O6/c1-4-7-10-13-16-19-22-25-28-30-31-33-34-37-40-43-46-49-52-55-61(64)67-58-59(57-66-60(63)54-51-48-45-42-39-36-27-24-21-18-15-12-9-6-3)68-62(65)56-53-50-47-44-41-38-35-32-29-26-23-20-17-14-11-8-5-2/h7,10,16,19,25-26,28-29,36,39,59H,4-6,8-9,11-15,17-18,20-24,27,30-35,37-38,40-58H2,1-3H3/b10-7-,19-16-,28-25-,29-26-,39-36-. The van der Waals surface area contributed by atoms with Crippen LogP contribution in [0.25, 0.3) is 0 Å². The number of ether oxygens (including phenoxy) is 3. The number of allylic oxidation sites excluding steroid dienone is 10. The Hall–Kier alpha value is -2.89. The minimum absolute atomic E-state index is 0.0823. The van der Waals surface area contributed by atoms with Crippen LogP contribution < -0.4 is 0 Å². The van der Waals surface area contributed by atoms with Crippen LogP contribution in [0.2, 0.25) is 0 Å². The van der Waals surface area contributed by atoms with Crippen molar-refractivity contribution in [2.45, 2.75) is 303 Å². The summed E-state index contributed by atoms with van der Waals surface area (Å²) in [7, 11) is 0. The molecule has 0 aliphatic rings. The molecule has 68 heavy (non-hydrogen) atoms. The van der Waals surface area contributed by atoms with E-state index in [-0.39, 0.29) is 31.1 Å². The summed E-state index contributed by atoms with van der Waals surface area (Å²) < 4.78 is 16.9. The van der Waals surface area contributed by atoms with Crippen molar-refractivity contribution >= 4 is 17.9 Å². The predicted octanol–water partition coefficient (Wildman–Crippen LogP) is 19.6. The van der Waals surface area contributed by atoms with Gasteiger partial charge in [-0.1, -0.05) is 236 Å². The van der Waals surface area contributed by atoms with E-state index in [0.717, 1.165) is 89.9 Å². The number of carbonyl (C=O) groups excluding carboxylic acids is 3. The second kappa shape index (κ2) is 56.7. The molecule has 6 heteroatoms. The molecule has 0 saturated carbocycles. The Balaban J connectivity index is 4.38. The van der Waals surface area contributed by atoms with E-state index in [1.54, 1.807) is 0 Å². The van der Waals surface area contributed by atoms with Gasteiger partial charge < -0.3 is 14.2 Å². The first-order chi connectivity index (χ1) is 33.5. The molecule has 0 aliphatic heterocycles. The molecule has 0 aromatic heterocycles. The van der Waals surface area contributed by atoms with Crippen LogP contribution in [0.5, 0.6) is 0 Å². The summed E-state index contributed by atoms with van der Waals surface area (Å²) in [6.45, 7) is 6.53. The first-order valence-electron chi connectivity index (χ1n) is 29.3. The van der Waals surface area contributed by atoms with Crippen molar-refractivity contribution in [2.24, 2.45) is 0 Å². The lowest BCUT2D eigenvalue weighted by Crippen LogP contribution is -2.30. The topological polar surface area (TPSA) is 78.9 Å². The lowest BCUT2D eigenvalue weighted by molar-refractivity contribution is -0.167. The molecule has 0 aliphatic carbocycles. The second-order valence-corrected chi connectivity index (χ2v) is 19.5. The van der Waals surface area contributed by atoms with Gasteiger partial charge in [-0.2, -0.15) is 0 Å². The quantitative estimate of drug-likeness (QED) is 0.0262. The van der Waals surface area contributed by atoms with E-state index in [0.29, 0.717) is 19.3 Å². The summed E-state index contributed by atoms with van der Waals surface area (Å²) in [6.07, 6.45) is 70.7. The lowest BCUT2D eigenvalue weighted by atomic mass is 10.1. The lowest BCUT2D eigenvalue weighted by Gasteiger charge is -2.18. The van der Waals surface area contributed by atoms with Crippen molar-refractivity contribution in [3.8, 4) is 0 Å². The Bertz CT molecular complexity index is 1230. The fraction of sp³-hybridized carbons (Fsp3) is 0.790. The summed E-state index contributed by atoms with van der Waals surface area (Å²) in [4.78, 5) is 38.2. The molecular weight excluding hydrogens is 841 g/mol. The minimum Gasteiger partial charge on any atom is -0.462 e. The third-order valence-electron chi connectivity index (χ3n) is 12.7. The smallest absolute Gasteiger partial charge is 0.306 e. The Morgan fingerprint density at radius 1 is 0.309 bits per heavy atom. The van der Waals surface area contributed by atoms with Gasteiger partial charge in [0.15, 0.2) is 6.10 Å². The van der Waals surface area contributed by atoms with E-state index >= 15 is 0 Å². The summed E-state index contributed by atoms with van der Waals surface area (Å²) in [5, 5.41) is 0. The van der Waals surface area contributed by atoms with Crippen molar-refractivity contribution < 1.29 is 28.6 Å². The number of rotatable bonds is 53. The van der Waals surface area contributed by atoms with Gasteiger partial charge in [-0.05, 0) is 103 Å². The molecule has 0 radical (unpaired) electrons. The summed E-state index contributed by atoms with van der Waals surface area (Å²) in [5.41, 5.74) is 0. The zero-order chi connectivity index (χ0) is 49.3. The van der Waals surface area contributed by atoms with E-state index in [1.807, 2.05) is 0 Å². The van der Waals surface area contributed by atoms with Gasteiger partial charge in [-0.25, -0.2) is 0 Å². The molecule has 394 valence electrons. The average Bonchev–Trinajstić information content (AvgIpc) is 3.34. The fourth-order valence-corrected chi connectivity index (χ4v) is 8.33. The molecule has 0 aromatic carbocycles. The highest BCUT2D eigenvalue weighted by Crippen LogP contribution is 2.15. The summed E-state index contributed by atoms with van der Waals surface area (Å²) in [5.74, 6) is -0.896. The zero-order valence-corrected chi connectivity index (χ0v) is 45.1. The molecule has 0 fully saturated rings. The van der Waals surface area contributed by atoms with Gasteiger partial charge in [-0.3, -0.25) is 14.4 Å². The first-order valence-corrected chi connectivity index (χ1v) is 29.3. The monoisotopic (exact) mass is 951 g/mol. The van der Waals surface area contributed by atoms with Crippen LogP contribution in [0.3, 0.4) is 0 Å². The Kier molecular flexibility index (Phi) is 54.3. The van der Waals surface area contributed by atoms with Gasteiger partial charge in [0.05, 0.1) is 0 Å². The Morgan fingerprint density at radius 3 is 0.926 bits per heavy atom. The number of carbonyl (C=O) groups is 3. The van der Waals surface area contributed by atoms with Crippen LogP contribution in [0, 0.1) is 0 Å². The van der Waals surface area contributed by atoms with Gasteiger partial charge in [0.25, 0.3) is 0 Å². The maximum absolute atomic E-state index is 12.9. The molecule has 0 aromatic rings. The number of hydrogen-bond donors (Lipinski definition) is 0. The van der Waals surface area contributed by atoms with Gasteiger partial charge in [-0.15, -0.1) is 0 Å². The Labute approximate surface area is 421 Å². The fourth-order valence-electron chi connectivity index (χ4n) is 8.33. The second-order valence-electron chi connectivity index (χ2n) is 19.5. The molecule has 6 nitrogen and oxygen atoms in total. The minimum atomic E-state index is -0.784. The van der Waals surface area contributed by atoms with Crippen LogP contribution in [0.4, 0.5) is 0 Å². The van der Waals surface area contributed by atoms with Gasteiger partial charge >= 0.3 is 17.9 Å². The van der Waals surface area contributed by atoms with E-state index in [2.05, 4.69) is 81.5 Å². The number of unbranched alkanes of at least 4 members (excludes halogenated alkanes) is 32. The van der Waals surface area contributed by atoms with Gasteiger partial charge in [0.2, 0.25) is 0 Å². The van der Waals surface area contributed by atoms with Gasteiger partial charge in [0, 0.05) is 19.3 Å². The third-order valence-corrected chi connectivity index (χ3v) is 12.7. The normalized spacial score (nSPS) is 12.5. The predicted molar refractivity (Wildman–Crippen MR) is 293 cm³/mol. The van der Waals surface area contributed by atoms with Crippen molar-refractivity contribution in [1.29, 1.82) is 0 Å². The molecule has 0 rings (SSSR count). The van der Waals surface area contributed by atoms with Gasteiger partial charge in [0.1, 0.15) is 13.2 Å². The number of esters is 3. The molecule has 0 saturated heterocycles. The van der Waals surface area contributed by atoms with Crippen molar-refractivity contribution in [3.63, 3.8) is 0 Å². The van der Waals surface area contributed by atoms with E-state index in [1.165, 1.54) is 167 Å². The van der Waals surface area contributed by atoms with Crippen LogP contribution in [0.15, 0.2) is 60.8 Å². The maximum atomic E-state index is 12.9. The average molecular weight is 952 g/mol. The maximum Gasteiger partial charge on any atom is 0.306 e. The number of hydrogen-bond acceptors (Lipinski definition) is 6. The van der Waals surface area contributed by atoms with Crippen LogP contribution >= 0.6 is 0 Å². The van der Waals surface area contributed by atoms with Crippen LogP contribution in [-0.2, 0) is 28.6 Å². The first kappa shape index (κ1) is 65.1. The van der Waals surface area contributed by atoms with E-state index < -0.39 is 6.10 Å². The van der Waals surface area contributed by atoms with Crippen molar-refractivity contribution in [3.05, 3.63) is 60.8 Å². The van der Waals surface area contributed by atoms with Crippen molar-refractivity contribution in [2.75, 3.05) is 13.2 Å². The van der Waals surface area contributed by atoms with Crippen LogP contribution in [0.1, 0.15) is 297 Å². The Morgan fingerprint density at radius 2 is 0.574 bits per heavy atom. The van der Waals surface area contributed by atoms with Crippen LogP contribution in [-0.4, -0.2) is 37.2 Å². The summed E-state index contributed by atoms with van der Waals surface area (Å²) in [6, 6.07) is 0. The molecule has 0 amide bonds. The van der Waals surface area contributed by atoms with E-state index in [4.69, 9.17) is 14.2 Å². The highest BCUT2D eigenvalue weighted by Gasteiger charge is 2.19. The largest absolute Gasteiger partial charge is 0.462 e. The summed E-state index contributed by atoms with van der Waals surface area (Å²) >= 11 is 0. The molecule has 1 unspecified atom stereocenters. The zero-order valence-electron chi connectivity index (χ0n) is 45.1. The SMILES string of the molecule is CC/C=C\C/C=C\C/C=C\CCCCCCCCCCCC(=O)OCC(COC(=O)CCCCC/C=C\CCCCCCCCC)OC(=O)CCCCCCCCC/C=C\CCCCCCCC. The van der Waals surface area contributed by atoms with Crippen molar-refractivity contribution in [1.82, 2.24) is 0 Å². The highest BCUT2D eigenvalue weighted by molar-refractivity contribution is 5.71. The molecular formula is C62H110O6. The molecule has 0 heterocycles. The molecule has 0 bridgehead atoms.